The molecule has 15 heavy (non-hydrogen) atoms. The van der Waals surface area contributed by atoms with Crippen LogP contribution in [0.4, 0.5) is 0 Å². The van der Waals surface area contributed by atoms with Crippen LogP contribution in [0.1, 0.15) is 24.5 Å². The van der Waals surface area contributed by atoms with Crippen LogP contribution in [-0.2, 0) is 17.8 Å². The van der Waals surface area contributed by atoms with Crippen molar-refractivity contribution in [1.82, 2.24) is 0 Å². The molecule has 0 saturated carbocycles. The first-order chi connectivity index (χ1) is 7.08. The Kier molecular flexibility index (Phi) is 3.97. The third kappa shape index (κ3) is 4.35. The molecule has 1 aromatic rings. The number of rotatable bonds is 5. The number of carbonyl (C=O) groups excluding carboxylic acids is 1. The molecule has 0 bridgehead atoms. The van der Waals surface area contributed by atoms with Gasteiger partial charge in [-0.1, -0.05) is 24.3 Å². The third-order valence-electron chi connectivity index (χ3n) is 2.10. The van der Waals surface area contributed by atoms with E-state index in [2.05, 4.69) is 0 Å². The van der Waals surface area contributed by atoms with Gasteiger partial charge >= 0.3 is 0 Å². The Hall–Kier alpha value is -1.71. The van der Waals surface area contributed by atoms with Crippen molar-refractivity contribution in [2.45, 2.75) is 26.3 Å². The number of benzene rings is 1. The van der Waals surface area contributed by atoms with Gasteiger partial charge in [0.05, 0.1) is 0 Å². The fourth-order valence-electron chi connectivity index (χ4n) is 1.28. The summed E-state index contributed by atoms with van der Waals surface area (Å²) >= 11 is 0. The largest absolute Gasteiger partial charge is 0.300 e. The number of aryl methyl sites for hydroxylation is 1. The van der Waals surface area contributed by atoms with Crippen molar-refractivity contribution < 1.29 is 9.72 Å². The Morgan fingerprint density at radius 3 is 2.27 bits per heavy atom. The van der Waals surface area contributed by atoms with Crippen molar-refractivity contribution in [2.75, 3.05) is 0 Å². The van der Waals surface area contributed by atoms with Crippen LogP contribution >= 0.6 is 0 Å². The summed E-state index contributed by atoms with van der Waals surface area (Å²) in [4.78, 5) is 20.6. The number of carbonyl (C=O) groups is 1. The lowest BCUT2D eigenvalue weighted by molar-refractivity contribution is -0.496. The molecule has 1 rings (SSSR count). The molecule has 0 unspecified atom stereocenters. The second-order valence-corrected chi connectivity index (χ2v) is 3.51. The fourth-order valence-corrected chi connectivity index (χ4v) is 1.28. The summed E-state index contributed by atoms with van der Waals surface area (Å²) in [6.45, 7) is 1.41. The van der Waals surface area contributed by atoms with Crippen LogP contribution in [0.3, 0.4) is 0 Å². The summed E-state index contributed by atoms with van der Waals surface area (Å²) < 4.78 is 0. The summed E-state index contributed by atoms with van der Waals surface area (Å²) in [6.07, 6.45) is 1.22. The molecular formula is C11H13NO3. The molecule has 4 heteroatoms. The van der Waals surface area contributed by atoms with Gasteiger partial charge in [0.2, 0.25) is 6.54 Å². The predicted octanol–water partition coefficient (Wildman–Crippen LogP) is 1.98. The molecular weight excluding hydrogens is 194 g/mol. The fraction of sp³-hybridized carbons (Fsp3) is 0.364. The van der Waals surface area contributed by atoms with Crippen molar-refractivity contribution in [3.8, 4) is 0 Å². The van der Waals surface area contributed by atoms with Gasteiger partial charge in [-0.3, -0.25) is 10.1 Å². The van der Waals surface area contributed by atoms with Gasteiger partial charge in [0.25, 0.3) is 0 Å². The number of nitrogens with zero attached hydrogens (tertiary/aromatic N) is 1. The first-order valence-corrected chi connectivity index (χ1v) is 4.77. The van der Waals surface area contributed by atoms with E-state index in [9.17, 15) is 14.9 Å². The van der Waals surface area contributed by atoms with Gasteiger partial charge < -0.3 is 4.79 Å². The zero-order chi connectivity index (χ0) is 11.3. The topological polar surface area (TPSA) is 60.2 Å². The van der Waals surface area contributed by atoms with Crippen molar-refractivity contribution in [3.05, 3.63) is 45.5 Å². The molecule has 0 saturated heterocycles. The molecule has 0 aliphatic rings. The lowest BCUT2D eigenvalue weighted by Crippen LogP contribution is -1.98. The van der Waals surface area contributed by atoms with Crippen LogP contribution in [0.5, 0.6) is 0 Å². The highest BCUT2D eigenvalue weighted by atomic mass is 16.6. The first kappa shape index (κ1) is 11.4. The maximum atomic E-state index is 10.7. The second-order valence-electron chi connectivity index (χ2n) is 3.51. The van der Waals surface area contributed by atoms with Gasteiger partial charge in [0, 0.05) is 16.9 Å². The minimum Gasteiger partial charge on any atom is -0.300 e. The van der Waals surface area contributed by atoms with Gasteiger partial charge in [-0.2, -0.15) is 0 Å². The van der Waals surface area contributed by atoms with E-state index in [0.29, 0.717) is 18.4 Å². The van der Waals surface area contributed by atoms with E-state index in [4.69, 9.17) is 0 Å². The molecule has 0 aliphatic carbocycles. The standard InChI is InChI=1S/C11H13NO3/c1-9(13)2-3-10-4-6-11(7-5-10)8-12(14)15/h4-7H,2-3,8H2,1H3. The summed E-state index contributed by atoms with van der Waals surface area (Å²) in [5.74, 6) is 0.157. The number of hydrogen-bond donors (Lipinski definition) is 0. The summed E-state index contributed by atoms with van der Waals surface area (Å²) in [7, 11) is 0. The van der Waals surface area contributed by atoms with E-state index in [1.54, 1.807) is 19.1 Å². The van der Waals surface area contributed by atoms with E-state index >= 15 is 0 Å². The van der Waals surface area contributed by atoms with Crippen molar-refractivity contribution in [3.63, 3.8) is 0 Å². The van der Waals surface area contributed by atoms with Crippen LogP contribution in [0.2, 0.25) is 0 Å². The SMILES string of the molecule is CC(=O)CCc1ccc(C[N+](=O)[O-])cc1. The van der Waals surface area contributed by atoms with Gasteiger partial charge in [-0.05, 0) is 18.9 Å². The maximum absolute atomic E-state index is 10.7. The predicted molar refractivity (Wildman–Crippen MR) is 56.1 cm³/mol. The maximum Gasteiger partial charge on any atom is 0.228 e. The molecule has 0 fully saturated rings. The van der Waals surface area contributed by atoms with E-state index in [-0.39, 0.29) is 17.3 Å². The highest BCUT2D eigenvalue weighted by Crippen LogP contribution is 2.07. The number of nitro groups is 1. The van der Waals surface area contributed by atoms with Crippen LogP contribution in [0.15, 0.2) is 24.3 Å². The summed E-state index contributed by atoms with van der Waals surface area (Å²) in [5.41, 5.74) is 1.73. The Balaban J connectivity index is 2.56. The molecule has 0 amide bonds. The van der Waals surface area contributed by atoms with E-state index < -0.39 is 0 Å². The monoisotopic (exact) mass is 207 g/mol. The average molecular weight is 207 g/mol. The molecule has 0 spiro atoms. The number of hydrogen-bond acceptors (Lipinski definition) is 3. The van der Waals surface area contributed by atoms with Crippen molar-refractivity contribution in [1.29, 1.82) is 0 Å². The van der Waals surface area contributed by atoms with Crippen LogP contribution in [-0.4, -0.2) is 10.7 Å². The minimum atomic E-state index is -0.357. The van der Waals surface area contributed by atoms with E-state index in [0.717, 1.165) is 5.56 Å². The van der Waals surface area contributed by atoms with E-state index in [1.807, 2.05) is 12.1 Å². The average Bonchev–Trinajstić information content (AvgIpc) is 2.16. The smallest absolute Gasteiger partial charge is 0.228 e. The van der Waals surface area contributed by atoms with Crippen LogP contribution in [0.25, 0.3) is 0 Å². The highest BCUT2D eigenvalue weighted by molar-refractivity contribution is 5.75. The zero-order valence-corrected chi connectivity index (χ0v) is 8.60. The first-order valence-electron chi connectivity index (χ1n) is 4.77. The number of Topliss-reactive ketones (excluding diaryl/α,β-unsaturated/α-hetero) is 1. The molecule has 0 heterocycles. The molecule has 0 atom stereocenters. The van der Waals surface area contributed by atoms with Gasteiger partial charge in [0.1, 0.15) is 5.78 Å². The van der Waals surface area contributed by atoms with Gasteiger partial charge in [-0.15, -0.1) is 0 Å². The van der Waals surface area contributed by atoms with Gasteiger partial charge in [0.15, 0.2) is 0 Å². The van der Waals surface area contributed by atoms with Crippen LogP contribution in [0, 0.1) is 10.1 Å². The lowest BCUT2D eigenvalue weighted by atomic mass is 10.1. The summed E-state index contributed by atoms with van der Waals surface area (Å²) in [5, 5.41) is 10.2. The second kappa shape index (κ2) is 5.24. The molecule has 0 N–H and O–H groups in total. The Morgan fingerprint density at radius 1 is 1.27 bits per heavy atom. The number of ketones is 1. The quantitative estimate of drug-likeness (QED) is 0.548. The lowest BCUT2D eigenvalue weighted by Gasteiger charge is -2.00. The Morgan fingerprint density at radius 2 is 1.80 bits per heavy atom. The highest BCUT2D eigenvalue weighted by Gasteiger charge is 2.01. The minimum absolute atomic E-state index is 0.146. The molecule has 0 radical (unpaired) electrons. The third-order valence-corrected chi connectivity index (χ3v) is 2.10. The Bertz CT molecular complexity index is 357. The molecule has 80 valence electrons. The van der Waals surface area contributed by atoms with Crippen molar-refractivity contribution in [2.24, 2.45) is 0 Å². The van der Waals surface area contributed by atoms with Crippen molar-refractivity contribution >= 4 is 5.78 Å². The molecule has 1 aromatic carbocycles. The van der Waals surface area contributed by atoms with Gasteiger partial charge in [-0.25, -0.2) is 0 Å². The normalized spacial score (nSPS) is 9.93. The zero-order valence-electron chi connectivity index (χ0n) is 8.60. The molecule has 0 aliphatic heterocycles. The Labute approximate surface area is 88.1 Å². The molecule has 4 nitrogen and oxygen atoms in total. The van der Waals surface area contributed by atoms with E-state index in [1.165, 1.54) is 0 Å². The summed E-state index contributed by atoms with van der Waals surface area (Å²) in [6, 6.07) is 7.14. The van der Waals surface area contributed by atoms with Crippen LogP contribution < -0.4 is 0 Å². The molecule has 0 aromatic heterocycles.